The Bertz CT molecular complexity index is 1240. The van der Waals surface area contributed by atoms with Gasteiger partial charge in [-0.15, -0.1) is 0 Å². The number of hydrogen-bond donors (Lipinski definition) is 0. The highest BCUT2D eigenvalue weighted by Gasteiger charge is 2.19. The Hall–Kier alpha value is -3.41. The van der Waals surface area contributed by atoms with Crippen LogP contribution in [0.2, 0.25) is 0 Å². The van der Waals surface area contributed by atoms with Crippen LogP contribution in [0.15, 0.2) is 85.1 Å². The summed E-state index contributed by atoms with van der Waals surface area (Å²) in [6, 6.07) is 0. The van der Waals surface area contributed by atoms with E-state index in [0.29, 0.717) is 19.3 Å². The monoisotopic (exact) mass is 877 g/mol. The highest BCUT2D eigenvalue weighted by molar-refractivity contribution is 5.71. The van der Waals surface area contributed by atoms with Crippen molar-refractivity contribution in [2.75, 3.05) is 13.2 Å². The quantitative estimate of drug-likeness (QED) is 0.0262. The number of rotatable bonds is 46. The van der Waals surface area contributed by atoms with E-state index in [9.17, 15) is 14.4 Å². The van der Waals surface area contributed by atoms with E-state index in [2.05, 4.69) is 106 Å². The molecule has 0 N–H and O–H groups in total. The van der Waals surface area contributed by atoms with Gasteiger partial charge in [0.2, 0.25) is 0 Å². The van der Waals surface area contributed by atoms with E-state index in [1.165, 1.54) is 89.9 Å². The van der Waals surface area contributed by atoms with E-state index >= 15 is 0 Å². The van der Waals surface area contributed by atoms with Gasteiger partial charge >= 0.3 is 17.9 Å². The summed E-state index contributed by atoms with van der Waals surface area (Å²) < 4.78 is 16.8. The maximum Gasteiger partial charge on any atom is 0.306 e. The van der Waals surface area contributed by atoms with Crippen molar-refractivity contribution in [3.8, 4) is 0 Å². The number of carbonyl (C=O) groups is 3. The normalized spacial score (nSPS) is 12.7. The molecule has 0 amide bonds. The van der Waals surface area contributed by atoms with Crippen molar-refractivity contribution in [1.82, 2.24) is 0 Å². The lowest BCUT2D eigenvalue weighted by molar-refractivity contribution is -0.167. The van der Waals surface area contributed by atoms with Crippen LogP contribution in [0.3, 0.4) is 0 Å². The van der Waals surface area contributed by atoms with Crippen LogP contribution in [-0.2, 0) is 28.6 Å². The predicted octanol–water partition coefficient (Wildman–Crippen LogP) is 17.2. The lowest BCUT2D eigenvalue weighted by atomic mass is 10.0. The third kappa shape index (κ3) is 49.5. The first-order valence-corrected chi connectivity index (χ1v) is 26.2. The van der Waals surface area contributed by atoms with E-state index in [-0.39, 0.29) is 31.1 Å². The molecule has 0 aromatic heterocycles. The first-order valence-electron chi connectivity index (χ1n) is 26.2. The molecular formula is C57H96O6. The second kappa shape index (κ2) is 51.2. The van der Waals surface area contributed by atoms with Crippen molar-refractivity contribution in [3.05, 3.63) is 85.1 Å². The van der Waals surface area contributed by atoms with Gasteiger partial charge in [0, 0.05) is 19.3 Å². The van der Waals surface area contributed by atoms with Crippen molar-refractivity contribution in [1.29, 1.82) is 0 Å². The zero-order valence-corrected chi connectivity index (χ0v) is 41.1. The Morgan fingerprint density at radius 3 is 1.00 bits per heavy atom. The SMILES string of the molecule is CC/C=C/C=C/C=C/CCCCCCCC(=O)OCC(COC(=O)CCCCCCC/C=C/C=C/C=C/C=C/CCCCC)OC(=O)CCCCCCCCCCCCCCCC. The second-order valence-corrected chi connectivity index (χ2v) is 17.2. The molecule has 0 aliphatic rings. The fourth-order valence-electron chi connectivity index (χ4n) is 7.10. The molecule has 0 bridgehead atoms. The predicted molar refractivity (Wildman–Crippen MR) is 270 cm³/mol. The molecule has 0 saturated carbocycles. The van der Waals surface area contributed by atoms with E-state index in [1.54, 1.807) is 0 Å². The molecule has 63 heavy (non-hydrogen) atoms. The lowest BCUT2D eigenvalue weighted by Crippen LogP contribution is -2.30. The number of allylic oxidation sites excluding steroid dienone is 14. The van der Waals surface area contributed by atoms with Gasteiger partial charge in [-0.25, -0.2) is 0 Å². The van der Waals surface area contributed by atoms with Gasteiger partial charge in [0.05, 0.1) is 0 Å². The second-order valence-electron chi connectivity index (χ2n) is 17.2. The first-order chi connectivity index (χ1) is 31.0. The fraction of sp³-hybridized carbons (Fsp3) is 0.702. The van der Waals surface area contributed by atoms with Gasteiger partial charge < -0.3 is 14.2 Å². The molecule has 0 spiro atoms. The molecular weight excluding hydrogens is 781 g/mol. The van der Waals surface area contributed by atoms with Crippen LogP contribution in [0.4, 0.5) is 0 Å². The fourth-order valence-corrected chi connectivity index (χ4v) is 7.10. The molecule has 0 rings (SSSR count). The van der Waals surface area contributed by atoms with E-state index in [0.717, 1.165) is 109 Å². The standard InChI is InChI=1S/C57H96O6/c1-4-7-10-13-16-19-22-25-27-28-29-30-33-35-38-41-44-47-50-56(59)62-53-54(52-61-55(58)49-46-43-40-37-34-31-24-21-18-15-12-9-6-3)63-57(60)51-48-45-42-39-36-32-26-23-20-17-14-11-8-5-2/h9,12,15-16,18-19,21-22,24-25,27-30,54H,4-8,10-11,13-14,17,20,23,26,31-53H2,1-3H3/b12-9+,18-15+,19-16+,24-21+,25-22+,28-27+,30-29+. The van der Waals surface area contributed by atoms with Crippen LogP contribution >= 0.6 is 0 Å². The minimum absolute atomic E-state index is 0.0942. The molecule has 0 saturated heterocycles. The number of ether oxygens (including phenoxy) is 3. The largest absolute Gasteiger partial charge is 0.462 e. The van der Waals surface area contributed by atoms with Crippen LogP contribution in [0.25, 0.3) is 0 Å². The molecule has 6 nitrogen and oxygen atoms in total. The summed E-state index contributed by atoms with van der Waals surface area (Å²) in [6.07, 6.45) is 65.6. The Morgan fingerprint density at radius 1 is 0.333 bits per heavy atom. The first kappa shape index (κ1) is 59.6. The van der Waals surface area contributed by atoms with Gasteiger partial charge in [-0.2, -0.15) is 0 Å². The third-order valence-electron chi connectivity index (χ3n) is 11.0. The van der Waals surface area contributed by atoms with E-state index < -0.39 is 6.10 Å². The van der Waals surface area contributed by atoms with E-state index in [4.69, 9.17) is 14.2 Å². The van der Waals surface area contributed by atoms with Crippen LogP contribution < -0.4 is 0 Å². The lowest BCUT2D eigenvalue weighted by Gasteiger charge is -2.18. The minimum atomic E-state index is -0.793. The molecule has 0 aliphatic heterocycles. The summed E-state index contributed by atoms with van der Waals surface area (Å²) >= 11 is 0. The maximum absolute atomic E-state index is 12.8. The molecule has 1 atom stereocenters. The Balaban J connectivity index is 4.45. The van der Waals surface area contributed by atoms with Gasteiger partial charge in [0.1, 0.15) is 13.2 Å². The molecule has 0 aliphatic carbocycles. The van der Waals surface area contributed by atoms with Gasteiger partial charge in [0.15, 0.2) is 6.10 Å². The summed E-state index contributed by atoms with van der Waals surface area (Å²) in [7, 11) is 0. The smallest absolute Gasteiger partial charge is 0.306 e. The molecule has 1 unspecified atom stereocenters. The number of esters is 3. The number of unbranched alkanes of at least 4 members (excludes halogenated alkanes) is 26. The van der Waals surface area contributed by atoms with Gasteiger partial charge in [0.25, 0.3) is 0 Å². The highest BCUT2D eigenvalue weighted by Crippen LogP contribution is 2.15. The summed E-state index contributed by atoms with van der Waals surface area (Å²) in [4.78, 5) is 38.0. The number of carbonyl (C=O) groups excluding carboxylic acids is 3. The minimum Gasteiger partial charge on any atom is -0.462 e. The number of hydrogen-bond acceptors (Lipinski definition) is 6. The Kier molecular flexibility index (Phi) is 48.5. The van der Waals surface area contributed by atoms with Gasteiger partial charge in [-0.1, -0.05) is 241 Å². The zero-order chi connectivity index (χ0) is 45.8. The maximum atomic E-state index is 12.8. The Morgan fingerprint density at radius 2 is 0.619 bits per heavy atom. The molecule has 6 heteroatoms. The van der Waals surface area contributed by atoms with Crippen molar-refractivity contribution in [2.45, 2.75) is 245 Å². The van der Waals surface area contributed by atoms with Gasteiger partial charge in [-0.05, 0) is 64.2 Å². The molecule has 0 heterocycles. The summed E-state index contributed by atoms with van der Waals surface area (Å²) in [5.74, 6) is -0.934. The summed E-state index contributed by atoms with van der Waals surface area (Å²) in [5.41, 5.74) is 0. The average molecular weight is 877 g/mol. The van der Waals surface area contributed by atoms with Crippen molar-refractivity contribution in [3.63, 3.8) is 0 Å². The third-order valence-corrected chi connectivity index (χ3v) is 11.0. The van der Waals surface area contributed by atoms with Crippen LogP contribution in [0.5, 0.6) is 0 Å². The highest BCUT2D eigenvalue weighted by atomic mass is 16.6. The van der Waals surface area contributed by atoms with Crippen molar-refractivity contribution < 1.29 is 28.6 Å². The van der Waals surface area contributed by atoms with Gasteiger partial charge in [-0.3, -0.25) is 14.4 Å². The Labute approximate surface area is 388 Å². The van der Waals surface area contributed by atoms with Crippen molar-refractivity contribution in [2.24, 2.45) is 0 Å². The van der Waals surface area contributed by atoms with E-state index in [1.807, 2.05) is 0 Å². The summed E-state index contributed by atoms with van der Waals surface area (Å²) in [6.45, 7) is 6.43. The zero-order valence-electron chi connectivity index (χ0n) is 41.1. The average Bonchev–Trinajstić information content (AvgIpc) is 3.28. The van der Waals surface area contributed by atoms with Crippen LogP contribution in [0, 0.1) is 0 Å². The molecule has 0 fully saturated rings. The molecule has 0 aromatic carbocycles. The van der Waals surface area contributed by atoms with Crippen LogP contribution in [-0.4, -0.2) is 37.2 Å². The topological polar surface area (TPSA) is 78.9 Å². The van der Waals surface area contributed by atoms with Crippen molar-refractivity contribution >= 4 is 17.9 Å². The molecule has 0 aromatic rings. The molecule has 0 radical (unpaired) electrons. The van der Waals surface area contributed by atoms with Crippen LogP contribution in [0.1, 0.15) is 239 Å². The molecule has 360 valence electrons. The summed E-state index contributed by atoms with van der Waals surface area (Å²) in [5, 5.41) is 0.